The second-order valence-electron chi connectivity index (χ2n) is 12.6. The van der Waals surface area contributed by atoms with E-state index in [1.54, 1.807) is 13.8 Å². The van der Waals surface area contributed by atoms with Gasteiger partial charge in [0, 0.05) is 17.4 Å². The lowest BCUT2D eigenvalue weighted by Crippen LogP contribution is -2.61. The van der Waals surface area contributed by atoms with Crippen LogP contribution in [0.15, 0.2) is 23.0 Å². The van der Waals surface area contributed by atoms with Crippen molar-refractivity contribution in [2.24, 2.45) is 29.6 Å². The smallest absolute Gasteiger partial charge is 0.202 e. The minimum absolute atomic E-state index is 0.0418. The first-order valence-corrected chi connectivity index (χ1v) is 14.4. The molecule has 0 amide bonds. The number of allylic oxidation sites excluding steroid dienone is 1. The van der Waals surface area contributed by atoms with E-state index in [-0.39, 0.29) is 35.0 Å². The van der Waals surface area contributed by atoms with Crippen LogP contribution in [0, 0.1) is 36.5 Å². The van der Waals surface area contributed by atoms with Crippen molar-refractivity contribution in [1.82, 2.24) is 0 Å². The van der Waals surface area contributed by atoms with Gasteiger partial charge in [0.05, 0.1) is 5.56 Å². The maximum Gasteiger partial charge on any atom is 0.202 e. The molecule has 3 unspecified atom stereocenters. The van der Waals surface area contributed by atoms with Crippen LogP contribution in [-0.4, -0.2) is 43.4 Å². The Kier molecular flexibility index (Phi) is 7.03. The number of rotatable bonds is 5. The Bertz CT molecular complexity index is 1310. The van der Waals surface area contributed by atoms with Crippen molar-refractivity contribution in [3.05, 3.63) is 45.2 Å². The molecule has 0 aromatic heterocycles. The van der Waals surface area contributed by atoms with E-state index in [1.165, 1.54) is 32.1 Å². The highest BCUT2D eigenvalue weighted by atomic mass is 16.3. The maximum absolute atomic E-state index is 14.0. The van der Waals surface area contributed by atoms with E-state index >= 15 is 0 Å². The fourth-order valence-electron chi connectivity index (χ4n) is 7.94. The van der Waals surface area contributed by atoms with Crippen molar-refractivity contribution < 1.29 is 34.8 Å². The van der Waals surface area contributed by atoms with E-state index < -0.39 is 52.0 Å². The van der Waals surface area contributed by atoms with Crippen LogP contribution in [-0.2, 0) is 27.2 Å². The van der Waals surface area contributed by atoms with Gasteiger partial charge in [-0.25, -0.2) is 0 Å². The Morgan fingerprint density at radius 3 is 2.38 bits per heavy atom. The Hall–Kier alpha value is -2.93. The second kappa shape index (κ2) is 9.92. The zero-order valence-corrected chi connectivity index (χ0v) is 23.3. The van der Waals surface area contributed by atoms with E-state index in [1.807, 2.05) is 13.0 Å². The second-order valence-corrected chi connectivity index (χ2v) is 12.6. The van der Waals surface area contributed by atoms with E-state index in [2.05, 4.69) is 0 Å². The quantitative estimate of drug-likeness (QED) is 0.379. The van der Waals surface area contributed by atoms with Crippen molar-refractivity contribution in [2.75, 3.05) is 0 Å². The molecule has 4 N–H and O–H groups in total. The molecule has 39 heavy (non-hydrogen) atoms. The molecule has 2 saturated carbocycles. The predicted octanol–water partition coefficient (Wildman–Crippen LogP) is 5.23. The standard InChI is InChI=1S/C32H40O7/c1-15(2)23-22-14-20-13-21-16(3)12-19(11-10-18-8-6-5-7-9-18)27(34)26(21)29(36)25(20)31(38)32(22,39)30(37)24(17(4)33)28(23)35/h12,15,18,20,22-23,34,36-37,39H,5-11,13-14H2,1-4H3/t20?,22?,23?,32-/m0/s1. The molecule has 4 atom stereocenters. The summed E-state index contributed by atoms with van der Waals surface area (Å²) in [7, 11) is 0. The lowest BCUT2D eigenvalue weighted by Gasteiger charge is -2.50. The Morgan fingerprint density at radius 2 is 1.77 bits per heavy atom. The molecule has 0 heterocycles. The van der Waals surface area contributed by atoms with Crippen molar-refractivity contribution in [1.29, 1.82) is 0 Å². The van der Waals surface area contributed by atoms with Gasteiger partial charge in [-0.15, -0.1) is 0 Å². The van der Waals surface area contributed by atoms with Gasteiger partial charge in [0.1, 0.15) is 22.8 Å². The number of ketones is 3. The first-order valence-electron chi connectivity index (χ1n) is 14.4. The van der Waals surface area contributed by atoms with Crippen molar-refractivity contribution >= 4 is 23.1 Å². The molecular weight excluding hydrogens is 496 g/mol. The van der Waals surface area contributed by atoms with Gasteiger partial charge in [-0.05, 0) is 74.0 Å². The van der Waals surface area contributed by atoms with Crippen LogP contribution in [0.5, 0.6) is 5.75 Å². The number of fused-ring (bicyclic) bond motifs is 3. The molecule has 4 aliphatic rings. The highest BCUT2D eigenvalue weighted by Crippen LogP contribution is 2.55. The number of Topliss-reactive ketones (excluding diaryl/α,β-unsaturated/α-hetero) is 3. The Balaban J connectivity index is 1.60. The van der Waals surface area contributed by atoms with Crippen molar-refractivity contribution in [2.45, 2.75) is 91.1 Å². The van der Waals surface area contributed by atoms with Crippen LogP contribution in [0.2, 0.25) is 0 Å². The molecule has 210 valence electrons. The number of phenols is 1. The fraction of sp³-hybridized carbons (Fsp3) is 0.594. The molecule has 0 saturated heterocycles. The normalized spacial score (nSPS) is 29.4. The third-order valence-electron chi connectivity index (χ3n) is 9.92. The molecule has 0 aliphatic heterocycles. The van der Waals surface area contributed by atoms with Crippen LogP contribution in [0.1, 0.15) is 88.0 Å². The third kappa shape index (κ3) is 4.16. The summed E-state index contributed by atoms with van der Waals surface area (Å²) in [6, 6.07) is 1.98. The number of aromatic hydroxyl groups is 1. The first-order chi connectivity index (χ1) is 18.4. The fourth-order valence-corrected chi connectivity index (χ4v) is 7.94. The van der Waals surface area contributed by atoms with Gasteiger partial charge in [-0.3, -0.25) is 14.4 Å². The molecule has 7 nitrogen and oxygen atoms in total. The number of carbonyl (C=O) groups excluding carboxylic acids is 3. The van der Waals surface area contributed by atoms with Gasteiger partial charge in [0.25, 0.3) is 0 Å². The molecule has 1 aromatic carbocycles. The van der Waals surface area contributed by atoms with E-state index in [0.29, 0.717) is 18.8 Å². The average molecular weight is 537 g/mol. The van der Waals surface area contributed by atoms with Gasteiger partial charge in [0.15, 0.2) is 17.2 Å². The van der Waals surface area contributed by atoms with Crippen LogP contribution >= 0.6 is 0 Å². The molecule has 4 aliphatic carbocycles. The minimum Gasteiger partial charge on any atom is -0.508 e. The van der Waals surface area contributed by atoms with Gasteiger partial charge >= 0.3 is 0 Å². The van der Waals surface area contributed by atoms with E-state index in [4.69, 9.17) is 0 Å². The van der Waals surface area contributed by atoms with E-state index in [0.717, 1.165) is 30.0 Å². The number of aliphatic hydroxyl groups is 3. The molecule has 5 rings (SSSR count). The number of aryl methyl sites for hydroxylation is 2. The summed E-state index contributed by atoms with van der Waals surface area (Å²) in [5.41, 5.74) is -0.464. The zero-order chi connectivity index (χ0) is 28.4. The van der Waals surface area contributed by atoms with Gasteiger partial charge < -0.3 is 20.4 Å². The maximum atomic E-state index is 14.0. The number of carbonyl (C=O) groups is 3. The number of benzene rings is 1. The van der Waals surface area contributed by atoms with Gasteiger partial charge in [-0.1, -0.05) is 52.0 Å². The lowest BCUT2D eigenvalue weighted by atomic mass is 9.54. The summed E-state index contributed by atoms with van der Waals surface area (Å²) >= 11 is 0. The largest absolute Gasteiger partial charge is 0.508 e. The number of hydrogen-bond donors (Lipinski definition) is 4. The summed E-state index contributed by atoms with van der Waals surface area (Å²) in [6.07, 6.45) is 8.26. The number of aliphatic hydroxyl groups excluding tert-OH is 2. The van der Waals surface area contributed by atoms with Crippen LogP contribution in [0.4, 0.5) is 0 Å². The van der Waals surface area contributed by atoms with Crippen molar-refractivity contribution in [3.63, 3.8) is 0 Å². The topological polar surface area (TPSA) is 132 Å². The molecule has 0 spiro atoms. The van der Waals surface area contributed by atoms with Gasteiger partial charge in [0.2, 0.25) is 5.78 Å². The minimum atomic E-state index is -2.50. The number of phenolic OH excluding ortho intramolecular Hbond substituents is 1. The third-order valence-corrected chi connectivity index (χ3v) is 9.92. The molecule has 0 bridgehead atoms. The van der Waals surface area contributed by atoms with Crippen LogP contribution < -0.4 is 0 Å². The predicted molar refractivity (Wildman–Crippen MR) is 146 cm³/mol. The van der Waals surface area contributed by atoms with Gasteiger partial charge in [-0.2, -0.15) is 0 Å². The summed E-state index contributed by atoms with van der Waals surface area (Å²) < 4.78 is 0. The average Bonchev–Trinajstić information content (AvgIpc) is 2.87. The molecule has 7 heteroatoms. The highest BCUT2D eigenvalue weighted by Gasteiger charge is 2.63. The Labute approximate surface area is 229 Å². The highest BCUT2D eigenvalue weighted by molar-refractivity contribution is 6.24. The van der Waals surface area contributed by atoms with Crippen molar-refractivity contribution in [3.8, 4) is 5.75 Å². The van der Waals surface area contributed by atoms with Crippen LogP contribution in [0.25, 0.3) is 5.76 Å². The molecule has 2 fully saturated rings. The molecule has 0 radical (unpaired) electrons. The summed E-state index contributed by atoms with van der Waals surface area (Å²) in [5.74, 6) is -5.46. The summed E-state index contributed by atoms with van der Waals surface area (Å²) in [4.78, 5) is 39.7. The molecule has 1 aromatic rings. The summed E-state index contributed by atoms with van der Waals surface area (Å²) in [6.45, 7) is 6.66. The first kappa shape index (κ1) is 27.6. The molecular formula is C32H40O7. The lowest BCUT2D eigenvalue weighted by molar-refractivity contribution is -0.155. The number of hydrogen-bond acceptors (Lipinski definition) is 7. The summed E-state index contributed by atoms with van der Waals surface area (Å²) in [5, 5.41) is 45.7. The SMILES string of the molecule is CC(=O)C1=C(O)[C@]2(O)C(=O)C3=C(O)c4c(O)c(CCC5CCCCC5)cc(C)c4CC3CC2C(C(C)C)C1=O. The zero-order valence-electron chi connectivity index (χ0n) is 23.3. The Morgan fingerprint density at radius 1 is 1.10 bits per heavy atom. The van der Waals surface area contributed by atoms with Crippen LogP contribution in [0.3, 0.4) is 0 Å². The monoisotopic (exact) mass is 536 g/mol. The van der Waals surface area contributed by atoms with E-state index in [9.17, 15) is 34.8 Å².